The molecule has 2 saturated heterocycles. The minimum absolute atomic E-state index is 0. The fourth-order valence-corrected chi connectivity index (χ4v) is 4.60. The van der Waals surface area contributed by atoms with Gasteiger partial charge in [0.25, 0.3) is 0 Å². The first-order valence-corrected chi connectivity index (χ1v) is 7.81. The first-order valence-electron chi connectivity index (χ1n) is 7.81. The Morgan fingerprint density at radius 1 is 1.00 bits per heavy atom. The van der Waals surface area contributed by atoms with E-state index < -0.39 is 6.35 Å². The Morgan fingerprint density at radius 3 is 2.05 bits per heavy atom. The molecule has 2 aliphatic rings. The summed E-state index contributed by atoms with van der Waals surface area (Å²) < 4.78 is 6.14. The maximum atomic E-state index is 6.14. The van der Waals surface area contributed by atoms with Gasteiger partial charge in [0.05, 0.1) is 0 Å². The summed E-state index contributed by atoms with van der Waals surface area (Å²) in [7, 11) is 1.94. The van der Waals surface area contributed by atoms with Gasteiger partial charge in [0.15, 0.2) is 0 Å². The molecule has 2 bridgehead atoms. The minimum Gasteiger partial charge on any atom is -0.588 e. The van der Waals surface area contributed by atoms with Gasteiger partial charge in [0, 0.05) is 0 Å². The van der Waals surface area contributed by atoms with Crippen LogP contribution in [0.5, 0.6) is 0 Å². The smallest absolute Gasteiger partial charge is 0.588 e. The molecule has 0 atom stereocenters. The topological polar surface area (TPSA) is 9.23 Å². The largest absolute Gasteiger partial charge is 1.00 e. The van der Waals surface area contributed by atoms with Crippen LogP contribution >= 0.6 is 0 Å². The zero-order valence-electron chi connectivity index (χ0n) is 12.9. The van der Waals surface area contributed by atoms with Crippen molar-refractivity contribution in [2.75, 3.05) is 7.11 Å². The Bertz CT molecular complexity index is 424. The van der Waals surface area contributed by atoms with E-state index in [9.17, 15) is 0 Å². The Hall–Kier alpha value is -0.0151. The molecule has 0 spiro atoms. The van der Waals surface area contributed by atoms with Gasteiger partial charge in [-0.2, -0.15) is 0 Å². The van der Waals surface area contributed by atoms with Crippen molar-refractivity contribution in [1.29, 1.82) is 0 Å². The molecular formula is C17H24BNaO. The van der Waals surface area contributed by atoms with E-state index in [-0.39, 0.29) is 29.6 Å². The second kappa shape index (κ2) is 7.31. The molecule has 20 heavy (non-hydrogen) atoms. The number of benzene rings is 1. The van der Waals surface area contributed by atoms with Crippen LogP contribution < -0.4 is 29.6 Å². The third-order valence-corrected chi connectivity index (χ3v) is 5.57. The van der Waals surface area contributed by atoms with Gasteiger partial charge in [-0.25, -0.2) is 5.98 Å². The maximum absolute atomic E-state index is 6.14. The molecular weight excluding hydrogens is 254 g/mol. The fraction of sp³-hybridized carbons (Fsp3) is 0.529. The van der Waals surface area contributed by atoms with E-state index in [1.807, 2.05) is 7.11 Å². The summed E-state index contributed by atoms with van der Waals surface area (Å²) in [5.41, 5.74) is 1.30. The van der Waals surface area contributed by atoms with E-state index in [1.54, 1.807) is 0 Å². The average molecular weight is 278 g/mol. The van der Waals surface area contributed by atoms with Gasteiger partial charge in [-0.05, 0) is 12.7 Å². The predicted octanol–water partition coefficient (Wildman–Crippen LogP) is 1.94. The van der Waals surface area contributed by atoms with Crippen molar-refractivity contribution in [2.45, 2.75) is 50.2 Å². The summed E-state index contributed by atoms with van der Waals surface area (Å²) in [4.78, 5) is 0. The van der Waals surface area contributed by atoms with Crippen molar-refractivity contribution in [3.8, 4) is 0 Å². The SMILES string of the molecule is CO[B-]1(/C=C/c2ccccc2)C2CCCC1CCC2.[Na+]. The first-order chi connectivity index (χ1) is 9.35. The maximum Gasteiger partial charge on any atom is 1.00 e. The van der Waals surface area contributed by atoms with Gasteiger partial charge >= 0.3 is 29.6 Å². The summed E-state index contributed by atoms with van der Waals surface area (Å²) >= 11 is 0. The average Bonchev–Trinajstić information content (AvgIpc) is 2.45. The summed E-state index contributed by atoms with van der Waals surface area (Å²) in [5, 5.41) is 0. The molecule has 2 heterocycles. The van der Waals surface area contributed by atoms with Crippen molar-refractivity contribution in [3.63, 3.8) is 0 Å². The van der Waals surface area contributed by atoms with Crippen molar-refractivity contribution < 1.29 is 34.2 Å². The van der Waals surface area contributed by atoms with E-state index in [0.29, 0.717) is 0 Å². The van der Waals surface area contributed by atoms with Crippen LogP contribution in [0.3, 0.4) is 0 Å². The van der Waals surface area contributed by atoms with Crippen LogP contribution in [-0.2, 0) is 4.65 Å². The molecule has 0 aromatic heterocycles. The van der Waals surface area contributed by atoms with Crippen LogP contribution in [0.2, 0.25) is 11.6 Å². The summed E-state index contributed by atoms with van der Waals surface area (Å²) in [6.07, 6.45) is 9.81. The number of hydrogen-bond acceptors (Lipinski definition) is 1. The molecule has 2 aliphatic heterocycles. The molecule has 0 unspecified atom stereocenters. The molecule has 0 radical (unpaired) electrons. The van der Waals surface area contributed by atoms with E-state index >= 15 is 0 Å². The monoisotopic (exact) mass is 278 g/mol. The summed E-state index contributed by atoms with van der Waals surface area (Å²) in [5.74, 6) is 4.01. The van der Waals surface area contributed by atoms with Crippen LogP contribution in [0.4, 0.5) is 0 Å². The predicted molar refractivity (Wildman–Crippen MR) is 83.4 cm³/mol. The molecule has 102 valence electrons. The third-order valence-electron chi connectivity index (χ3n) is 5.57. The standard InChI is InChI=1S/C17H24BO.Na/c1-19-18(14-13-15-7-3-2-4-8-15)16-9-5-10-17(18)12-6-11-16;/h2-4,7-8,13-14,16-17H,5-6,9-12H2,1H3;/q-1;+1/b14-13+;. The van der Waals surface area contributed by atoms with Crippen LogP contribution in [0, 0.1) is 0 Å². The van der Waals surface area contributed by atoms with Crippen LogP contribution in [0.15, 0.2) is 36.3 Å². The van der Waals surface area contributed by atoms with E-state index in [1.165, 1.54) is 44.1 Å². The van der Waals surface area contributed by atoms with E-state index in [4.69, 9.17) is 4.65 Å². The fourth-order valence-electron chi connectivity index (χ4n) is 4.60. The van der Waals surface area contributed by atoms with Crippen molar-refractivity contribution in [3.05, 3.63) is 41.9 Å². The molecule has 1 aromatic rings. The van der Waals surface area contributed by atoms with Gasteiger partial charge in [-0.3, -0.25) is 0 Å². The molecule has 2 fully saturated rings. The van der Waals surface area contributed by atoms with Crippen LogP contribution in [-0.4, -0.2) is 13.5 Å². The van der Waals surface area contributed by atoms with Crippen molar-refractivity contribution in [2.24, 2.45) is 0 Å². The second-order valence-electron chi connectivity index (χ2n) is 6.37. The number of rotatable bonds is 3. The molecule has 0 amide bonds. The number of fused-ring (bicyclic) bond motifs is 2. The number of hydrogen-bond donors (Lipinski definition) is 0. The minimum atomic E-state index is -0.746. The van der Waals surface area contributed by atoms with Gasteiger partial charge in [0.1, 0.15) is 6.35 Å². The Balaban J connectivity index is 0.00000147. The van der Waals surface area contributed by atoms with Crippen LogP contribution in [0.1, 0.15) is 44.1 Å². The Labute approximate surface area is 145 Å². The Kier molecular flexibility index (Phi) is 5.98. The van der Waals surface area contributed by atoms with Gasteiger partial charge in [-0.1, -0.05) is 74.9 Å². The van der Waals surface area contributed by atoms with E-state index in [0.717, 1.165) is 11.6 Å². The third kappa shape index (κ3) is 3.09. The van der Waals surface area contributed by atoms with Gasteiger partial charge < -0.3 is 4.65 Å². The second-order valence-corrected chi connectivity index (χ2v) is 6.37. The van der Waals surface area contributed by atoms with Crippen molar-refractivity contribution >= 4 is 12.4 Å². The normalized spacial score (nSPS) is 32.9. The van der Waals surface area contributed by atoms with Gasteiger partial charge in [0.2, 0.25) is 0 Å². The first kappa shape index (κ1) is 16.4. The van der Waals surface area contributed by atoms with E-state index in [2.05, 4.69) is 42.4 Å². The molecule has 0 N–H and O–H groups in total. The van der Waals surface area contributed by atoms with Crippen molar-refractivity contribution in [1.82, 2.24) is 0 Å². The summed E-state index contributed by atoms with van der Waals surface area (Å²) in [6, 6.07) is 10.6. The molecule has 0 aliphatic carbocycles. The molecule has 3 heteroatoms. The quantitative estimate of drug-likeness (QED) is 0.768. The zero-order valence-corrected chi connectivity index (χ0v) is 14.9. The summed E-state index contributed by atoms with van der Waals surface area (Å²) in [6.45, 7) is 0. The zero-order chi connectivity index (χ0) is 13.1. The molecule has 1 nitrogen and oxygen atoms in total. The molecule has 1 aromatic carbocycles. The van der Waals surface area contributed by atoms with Gasteiger partial charge in [-0.15, -0.1) is 11.6 Å². The molecule has 0 saturated carbocycles. The molecule has 3 rings (SSSR count). The van der Waals surface area contributed by atoms with Crippen LogP contribution in [0.25, 0.3) is 6.08 Å². The Morgan fingerprint density at radius 2 is 1.55 bits per heavy atom.